The number of hydrogen-bond donors (Lipinski definition) is 1. The molecule has 1 aromatic rings. The summed E-state index contributed by atoms with van der Waals surface area (Å²) >= 11 is 0. The van der Waals surface area contributed by atoms with Crippen molar-refractivity contribution in [1.82, 2.24) is 4.31 Å². The number of sulfonamides is 1. The van der Waals surface area contributed by atoms with Gasteiger partial charge in [-0.15, -0.1) is 6.42 Å². The maximum Gasteiger partial charge on any atom is 0.244 e. The molecule has 0 bridgehead atoms. The minimum atomic E-state index is -3.52. The van der Waals surface area contributed by atoms with Crippen LogP contribution in [0.25, 0.3) is 0 Å². The van der Waals surface area contributed by atoms with Gasteiger partial charge in [-0.05, 0) is 18.2 Å². The Hall–Kier alpha value is -1.51. The second-order valence-corrected chi connectivity index (χ2v) is 5.15. The molecule has 0 atom stereocenters. The molecule has 0 amide bonds. The maximum atomic E-state index is 12.1. The van der Waals surface area contributed by atoms with Crippen molar-refractivity contribution < 1.29 is 8.42 Å². The highest BCUT2D eigenvalue weighted by Crippen LogP contribution is 2.17. The summed E-state index contributed by atoms with van der Waals surface area (Å²) < 4.78 is 25.4. The monoisotopic (exact) mass is 238 g/mol. The van der Waals surface area contributed by atoms with Gasteiger partial charge in [-0.25, -0.2) is 8.42 Å². The molecule has 4 nitrogen and oxygen atoms in total. The van der Waals surface area contributed by atoms with Crippen LogP contribution < -0.4 is 5.73 Å². The molecule has 0 saturated carbocycles. The number of nitrogens with two attached hydrogens (primary N) is 1. The lowest BCUT2D eigenvalue weighted by Gasteiger charge is -2.17. The summed E-state index contributed by atoms with van der Waals surface area (Å²) in [5.41, 5.74) is 5.96. The number of terminal acetylenes is 1. The van der Waals surface area contributed by atoms with E-state index in [1.54, 1.807) is 19.1 Å². The van der Waals surface area contributed by atoms with E-state index in [-0.39, 0.29) is 11.4 Å². The molecule has 0 spiro atoms. The summed E-state index contributed by atoms with van der Waals surface area (Å²) in [5, 5.41) is 0. The predicted octanol–water partition coefficient (Wildman–Crippen LogP) is 0.913. The highest BCUT2D eigenvalue weighted by Gasteiger charge is 2.21. The molecule has 1 aromatic carbocycles. The zero-order valence-electron chi connectivity index (χ0n) is 9.05. The average Bonchev–Trinajstić information content (AvgIpc) is 2.25. The lowest BCUT2D eigenvalue weighted by molar-refractivity contribution is 0.464. The first kappa shape index (κ1) is 12.6. The molecule has 1 rings (SSSR count). The summed E-state index contributed by atoms with van der Waals surface area (Å²) in [7, 11) is -3.52. The van der Waals surface area contributed by atoms with Crippen LogP contribution in [0.1, 0.15) is 6.92 Å². The van der Waals surface area contributed by atoms with Gasteiger partial charge >= 0.3 is 0 Å². The van der Waals surface area contributed by atoms with E-state index in [4.69, 9.17) is 12.2 Å². The van der Waals surface area contributed by atoms with Gasteiger partial charge in [0.1, 0.15) is 0 Å². The largest absolute Gasteiger partial charge is 0.399 e. The molecule has 0 fully saturated rings. The summed E-state index contributed by atoms with van der Waals surface area (Å²) in [6.07, 6.45) is 5.13. The van der Waals surface area contributed by atoms with Crippen molar-refractivity contribution in [3.63, 3.8) is 0 Å². The zero-order valence-corrected chi connectivity index (χ0v) is 9.87. The van der Waals surface area contributed by atoms with Crippen LogP contribution in [0.4, 0.5) is 5.69 Å². The highest BCUT2D eigenvalue weighted by atomic mass is 32.2. The van der Waals surface area contributed by atoms with E-state index in [0.717, 1.165) is 0 Å². The first-order valence-corrected chi connectivity index (χ1v) is 6.25. The van der Waals surface area contributed by atoms with Gasteiger partial charge in [-0.2, -0.15) is 4.31 Å². The average molecular weight is 238 g/mol. The zero-order chi connectivity index (χ0) is 12.2. The molecule has 86 valence electrons. The number of nitrogens with zero attached hydrogens (tertiary/aromatic N) is 1. The molecule has 0 radical (unpaired) electrons. The van der Waals surface area contributed by atoms with E-state index in [1.807, 2.05) is 0 Å². The van der Waals surface area contributed by atoms with Crippen LogP contribution in [0, 0.1) is 12.3 Å². The van der Waals surface area contributed by atoms with Crippen LogP contribution in [0.3, 0.4) is 0 Å². The molecule has 2 N–H and O–H groups in total. The third-order valence-corrected chi connectivity index (χ3v) is 4.03. The second kappa shape index (κ2) is 5.01. The van der Waals surface area contributed by atoms with Gasteiger partial charge in [-0.3, -0.25) is 0 Å². The molecule has 5 heteroatoms. The standard InChI is InChI=1S/C11H14N2O2S/c1-3-8-13(4-2)16(14,15)11-7-5-6-10(12)9-11/h1,5-7,9H,4,8,12H2,2H3. The molecule has 0 aliphatic heterocycles. The van der Waals surface area contributed by atoms with Crippen LogP contribution in [0.2, 0.25) is 0 Å². The van der Waals surface area contributed by atoms with Crippen LogP contribution in [-0.4, -0.2) is 25.8 Å². The van der Waals surface area contributed by atoms with Crippen molar-refractivity contribution in [3.8, 4) is 12.3 Å². The summed E-state index contributed by atoms with van der Waals surface area (Å²) in [4.78, 5) is 0.171. The van der Waals surface area contributed by atoms with Crippen molar-refractivity contribution in [2.45, 2.75) is 11.8 Å². The fourth-order valence-electron chi connectivity index (χ4n) is 1.29. The minimum Gasteiger partial charge on any atom is -0.399 e. The number of benzene rings is 1. The fraction of sp³-hybridized carbons (Fsp3) is 0.273. The fourth-order valence-corrected chi connectivity index (χ4v) is 2.71. The summed E-state index contributed by atoms with van der Waals surface area (Å²) in [5.74, 6) is 2.32. The minimum absolute atomic E-state index is 0.0631. The Labute approximate surface area is 96.1 Å². The van der Waals surface area contributed by atoms with Gasteiger partial charge in [0.05, 0.1) is 11.4 Å². The predicted molar refractivity (Wildman–Crippen MR) is 64.1 cm³/mol. The normalized spacial score (nSPS) is 11.3. The first-order chi connectivity index (χ1) is 7.52. The van der Waals surface area contributed by atoms with Gasteiger partial charge in [-0.1, -0.05) is 18.9 Å². The van der Waals surface area contributed by atoms with E-state index >= 15 is 0 Å². The Morgan fingerprint density at radius 1 is 1.50 bits per heavy atom. The molecule has 0 unspecified atom stereocenters. The van der Waals surface area contributed by atoms with E-state index < -0.39 is 10.0 Å². The Morgan fingerprint density at radius 3 is 2.69 bits per heavy atom. The number of hydrogen-bond acceptors (Lipinski definition) is 3. The lowest BCUT2D eigenvalue weighted by atomic mass is 10.3. The van der Waals surface area contributed by atoms with Crippen molar-refractivity contribution in [1.29, 1.82) is 0 Å². The highest BCUT2D eigenvalue weighted by molar-refractivity contribution is 7.89. The molecule has 16 heavy (non-hydrogen) atoms. The molecular weight excluding hydrogens is 224 g/mol. The van der Waals surface area contributed by atoms with Gasteiger partial charge in [0.15, 0.2) is 0 Å². The van der Waals surface area contributed by atoms with Gasteiger partial charge in [0.2, 0.25) is 10.0 Å². The molecule has 0 aliphatic carbocycles. The lowest BCUT2D eigenvalue weighted by Crippen LogP contribution is -2.31. The molecule has 0 aromatic heterocycles. The second-order valence-electron chi connectivity index (χ2n) is 3.21. The van der Waals surface area contributed by atoms with E-state index in [9.17, 15) is 8.42 Å². The SMILES string of the molecule is C#CCN(CC)S(=O)(=O)c1cccc(N)c1. The third-order valence-electron chi connectivity index (χ3n) is 2.12. The van der Waals surface area contributed by atoms with Gasteiger partial charge in [0, 0.05) is 12.2 Å². The van der Waals surface area contributed by atoms with Crippen LogP contribution >= 0.6 is 0 Å². The summed E-state index contributed by atoms with van der Waals surface area (Å²) in [6, 6.07) is 6.17. The number of rotatable bonds is 4. The molecule has 0 saturated heterocycles. The quantitative estimate of drug-likeness (QED) is 0.626. The Kier molecular flexibility index (Phi) is 3.93. The van der Waals surface area contributed by atoms with E-state index in [1.165, 1.54) is 16.4 Å². The first-order valence-electron chi connectivity index (χ1n) is 4.81. The summed E-state index contributed by atoms with van der Waals surface area (Å²) in [6.45, 7) is 2.14. The van der Waals surface area contributed by atoms with Crippen LogP contribution in [0.15, 0.2) is 29.2 Å². The van der Waals surface area contributed by atoms with Gasteiger partial charge < -0.3 is 5.73 Å². The van der Waals surface area contributed by atoms with E-state index in [2.05, 4.69) is 5.92 Å². The van der Waals surface area contributed by atoms with Crippen molar-refractivity contribution in [2.75, 3.05) is 18.8 Å². The smallest absolute Gasteiger partial charge is 0.244 e. The van der Waals surface area contributed by atoms with Crippen LogP contribution in [0.5, 0.6) is 0 Å². The number of nitrogen functional groups attached to an aromatic ring is 1. The van der Waals surface area contributed by atoms with Crippen molar-refractivity contribution in [2.24, 2.45) is 0 Å². The number of anilines is 1. The van der Waals surface area contributed by atoms with E-state index in [0.29, 0.717) is 12.2 Å². The van der Waals surface area contributed by atoms with Gasteiger partial charge in [0.25, 0.3) is 0 Å². The topological polar surface area (TPSA) is 63.4 Å². The Morgan fingerprint density at radius 2 is 2.19 bits per heavy atom. The molecule has 0 aliphatic rings. The third kappa shape index (κ3) is 2.54. The van der Waals surface area contributed by atoms with Crippen molar-refractivity contribution >= 4 is 15.7 Å². The Bertz CT molecular complexity index is 503. The van der Waals surface area contributed by atoms with Crippen molar-refractivity contribution in [3.05, 3.63) is 24.3 Å². The Balaban J connectivity index is 3.16. The van der Waals surface area contributed by atoms with Crippen LogP contribution in [-0.2, 0) is 10.0 Å². The molecule has 0 heterocycles. The maximum absolute atomic E-state index is 12.1. The molecular formula is C11H14N2O2S.